The van der Waals surface area contributed by atoms with Crippen molar-refractivity contribution in [2.75, 3.05) is 0 Å². The average Bonchev–Trinajstić information content (AvgIpc) is 3.56. The maximum Gasteiger partial charge on any atom is 0.173 e. The molecule has 4 aromatic rings. The van der Waals surface area contributed by atoms with E-state index in [4.69, 9.17) is 4.52 Å². The van der Waals surface area contributed by atoms with Gasteiger partial charge in [0, 0.05) is 24.5 Å². The quantitative estimate of drug-likeness (QED) is 0.505. The smallest absolute Gasteiger partial charge is 0.173 e. The molecule has 1 atom stereocenters. The largest absolute Gasteiger partial charge is 0.361 e. The van der Waals surface area contributed by atoms with Crippen LogP contribution in [0.25, 0.3) is 5.69 Å². The topological polar surface area (TPSA) is 99.5 Å². The lowest BCUT2D eigenvalue weighted by atomic mass is 10.1. The molecule has 9 nitrogen and oxygen atoms in total. The molecule has 3 heterocycles. The first-order valence-corrected chi connectivity index (χ1v) is 10.3. The highest BCUT2D eigenvalue weighted by Crippen LogP contribution is 2.32. The summed E-state index contributed by atoms with van der Waals surface area (Å²) in [6.45, 7) is 2.54. The van der Waals surface area contributed by atoms with Crippen molar-refractivity contribution in [2.45, 2.75) is 51.2 Å². The van der Waals surface area contributed by atoms with E-state index in [9.17, 15) is 0 Å². The zero-order valence-corrected chi connectivity index (χ0v) is 16.8. The Kier molecular flexibility index (Phi) is 5.10. The molecule has 1 aromatic carbocycles. The Morgan fingerprint density at radius 1 is 1.23 bits per heavy atom. The van der Waals surface area contributed by atoms with E-state index in [1.807, 2.05) is 34.5 Å². The molecule has 0 saturated heterocycles. The summed E-state index contributed by atoms with van der Waals surface area (Å²) in [6, 6.07) is 8.39. The van der Waals surface area contributed by atoms with Crippen LogP contribution in [0.1, 0.15) is 60.5 Å². The van der Waals surface area contributed by atoms with Crippen LogP contribution in [0, 0.1) is 6.92 Å². The maximum absolute atomic E-state index is 5.36. The third-order valence-corrected chi connectivity index (χ3v) is 5.82. The zero-order chi connectivity index (χ0) is 20.3. The van der Waals surface area contributed by atoms with Gasteiger partial charge in [-0.05, 0) is 41.8 Å². The number of hydrogen-bond donors (Lipinski definition) is 1. The molecule has 1 N–H and O–H groups in total. The summed E-state index contributed by atoms with van der Waals surface area (Å²) in [6.07, 6.45) is 11.9. The summed E-state index contributed by atoms with van der Waals surface area (Å²) >= 11 is 0. The lowest BCUT2D eigenvalue weighted by molar-refractivity contribution is 0.390. The van der Waals surface area contributed by atoms with Crippen LogP contribution in [0.3, 0.4) is 0 Å². The second kappa shape index (κ2) is 8.19. The number of nitrogens with zero attached hydrogens (tertiary/aromatic N) is 7. The van der Waals surface area contributed by atoms with Gasteiger partial charge in [0.1, 0.15) is 11.8 Å². The van der Waals surface area contributed by atoms with Gasteiger partial charge in [-0.1, -0.05) is 36.2 Å². The molecule has 0 amide bonds. The number of tetrazole rings is 1. The number of hydrogen-bond acceptors (Lipinski definition) is 7. The van der Waals surface area contributed by atoms with Crippen molar-refractivity contribution in [3.63, 3.8) is 0 Å². The Hall–Kier alpha value is -3.33. The van der Waals surface area contributed by atoms with Crippen molar-refractivity contribution in [1.82, 2.24) is 40.2 Å². The van der Waals surface area contributed by atoms with E-state index in [2.05, 4.69) is 43.1 Å². The molecule has 0 bridgehead atoms. The van der Waals surface area contributed by atoms with Gasteiger partial charge in [-0.25, -0.2) is 9.67 Å². The average molecular weight is 404 g/mol. The van der Waals surface area contributed by atoms with Crippen molar-refractivity contribution in [1.29, 1.82) is 0 Å². The summed E-state index contributed by atoms with van der Waals surface area (Å²) in [5, 5.41) is 20.4. The minimum Gasteiger partial charge on any atom is -0.361 e. The molecule has 0 aliphatic heterocycles. The van der Waals surface area contributed by atoms with E-state index in [0.29, 0.717) is 12.6 Å². The number of aryl methyl sites for hydroxylation is 1. The van der Waals surface area contributed by atoms with Gasteiger partial charge in [0.2, 0.25) is 0 Å². The van der Waals surface area contributed by atoms with Gasteiger partial charge < -0.3 is 9.09 Å². The van der Waals surface area contributed by atoms with Gasteiger partial charge >= 0.3 is 0 Å². The van der Waals surface area contributed by atoms with E-state index in [1.54, 1.807) is 18.7 Å². The Bertz CT molecular complexity index is 1090. The van der Waals surface area contributed by atoms with Crippen LogP contribution in [0.4, 0.5) is 0 Å². The van der Waals surface area contributed by atoms with E-state index in [-0.39, 0.29) is 6.04 Å². The second-order valence-electron chi connectivity index (χ2n) is 7.67. The predicted molar refractivity (Wildman–Crippen MR) is 109 cm³/mol. The molecule has 9 heteroatoms. The van der Waals surface area contributed by atoms with Crippen LogP contribution < -0.4 is 5.32 Å². The first kappa shape index (κ1) is 18.7. The van der Waals surface area contributed by atoms with Crippen molar-refractivity contribution < 1.29 is 4.52 Å². The van der Waals surface area contributed by atoms with Gasteiger partial charge in [0.15, 0.2) is 5.82 Å². The molecule has 154 valence electrons. The highest BCUT2D eigenvalue weighted by Gasteiger charge is 2.29. The monoisotopic (exact) mass is 404 g/mol. The SMILES string of the molecule is Cc1oncc1C(NCc1ccccc1-n1ccnc1)c1nnnn1C1CCCC1. The molecule has 30 heavy (non-hydrogen) atoms. The van der Waals surface area contributed by atoms with Gasteiger partial charge in [0.25, 0.3) is 0 Å². The zero-order valence-electron chi connectivity index (χ0n) is 16.8. The molecule has 5 rings (SSSR count). The number of benzene rings is 1. The molecule has 1 unspecified atom stereocenters. The summed E-state index contributed by atoms with van der Waals surface area (Å²) in [5.74, 6) is 1.56. The lowest BCUT2D eigenvalue weighted by Crippen LogP contribution is -2.27. The van der Waals surface area contributed by atoms with Gasteiger partial charge in [0.05, 0.1) is 24.3 Å². The summed E-state index contributed by atoms with van der Waals surface area (Å²) in [7, 11) is 0. The fraction of sp³-hybridized carbons (Fsp3) is 0.381. The second-order valence-corrected chi connectivity index (χ2v) is 7.67. The van der Waals surface area contributed by atoms with E-state index < -0.39 is 0 Å². The van der Waals surface area contributed by atoms with Crippen molar-refractivity contribution in [3.05, 3.63) is 71.9 Å². The summed E-state index contributed by atoms with van der Waals surface area (Å²) in [4.78, 5) is 4.18. The highest BCUT2D eigenvalue weighted by molar-refractivity contribution is 5.41. The number of nitrogens with one attached hydrogen (secondary N) is 1. The lowest BCUT2D eigenvalue weighted by Gasteiger charge is -2.21. The minimum atomic E-state index is -0.220. The summed E-state index contributed by atoms with van der Waals surface area (Å²) in [5.41, 5.74) is 3.18. The standard InChI is InChI=1S/C21H24N8O/c1-15-18(13-24-30-15)20(21-25-26-27-29(21)17-7-3-4-8-17)23-12-16-6-2-5-9-19(16)28-11-10-22-14-28/h2,5-6,9-11,13-14,17,20,23H,3-4,7-8,12H2,1H3. The maximum atomic E-state index is 5.36. The normalized spacial score (nSPS) is 15.6. The van der Waals surface area contributed by atoms with Crippen LogP contribution in [-0.2, 0) is 6.54 Å². The van der Waals surface area contributed by atoms with Crippen molar-refractivity contribution in [3.8, 4) is 5.69 Å². The van der Waals surface area contributed by atoms with Crippen LogP contribution in [-0.4, -0.2) is 34.9 Å². The molecular formula is C21H24N8O. The fourth-order valence-electron chi connectivity index (χ4n) is 4.25. The van der Waals surface area contributed by atoms with Gasteiger partial charge in [-0.3, -0.25) is 5.32 Å². The molecule has 1 saturated carbocycles. The number of imidazole rings is 1. The van der Waals surface area contributed by atoms with Crippen LogP contribution in [0.5, 0.6) is 0 Å². The fourth-order valence-corrected chi connectivity index (χ4v) is 4.25. The third kappa shape index (κ3) is 3.52. The molecule has 0 spiro atoms. The van der Waals surface area contributed by atoms with Crippen LogP contribution >= 0.6 is 0 Å². The Labute approximate surface area is 174 Å². The Morgan fingerprint density at radius 2 is 2.10 bits per heavy atom. The van der Waals surface area contributed by atoms with E-state index in [0.717, 1.165) is 41.2 Å². The predicted octanol–water partition coefficient (Wildman–Crippen LogP) is 3.15. The molecule has 0 radical (unpaired) electrons. The van der Waals surface area contributed by atoms with Gasteiger partial charge in [-0.2, -0.15) is 0 Å². The minimum absolute atomic E-state index is 0.220. The van der Waals surface area contributed by atoms with E-state index >= 15 is 0 Å². The summed E-state index contributed by atoms with van der Waals surface area (Å²) < 4.78 is 9.36. The van der Waals surface area contributed by atoms with Crippen molar-refractivity contribution in [2.24, 2.45) is 0 Å². The molecule has 1 fully saturated rings. The third-order valence-electron chi connectivity index (χ3n) is 5.82. The van der Waals surface area contributed by atoms with Crippen LogP contribution in [0.15, 0.2) is 53.7 Å². The number of rotatable bonds is 7. The molecule has 1 aliphatic rings. The molecule has 1 aliphatic carbocycles. The Balaban J connectivity index is 1.47. The van der Waals surface area contributed by atoms with Crippen molar-refractivity contribution >= 4 is 0 Å². The first-order chi connectivity index (χ1) is 14.8. The number of para-hydroxylation sites is 1. The molecular weight excluding hydrogens is 380 g/mol. The van der Waals surface area contributed by atoms with Gasteiger partial charge in [-0.15, -0.1) is 5.10 Å². The molecule has 3 aromatic heterocycles. The number of aromatic nitrogens is 7. The van der Waals surface area contributed by atoms with E-state index in [1.165, 1.54) is 12.8 Å². The first-order valence-electron chi connectivity index (χ1n) is 10.3. The highest BCUT2D eigenvalue weighted by atomic mass is 16.5. The Morgan fingerprint density at radius 3 is 2.87 bits per heavy atom. The van der Waals surface area contributed by atoms with Crippen LogP contribution in [0.2, 0.25) is 0 Å².